The zero-order valence-electron chi connectivity index (χ0n) is 15.1. The first-order chi connectivity index (χ1) is 13.0. The predicted molar refractivity (Wildman–Crippen MR) is 96.4 cm³/mol. The molecule has 0 aliphatic carbocycles. The van der Waals surface area contributed by atoms with Crippen LogP contribution in [-0.2, 0) is 0 Å². The number of aryl methyl sites for hydroxylation is 2. The fourth-order valence-electron chi connectivity index (χ4n) is 3.50. The summed E-state index contributed by atoms with van der Waals surface area (Å²) < 4.78 is 19.0. The summed E-state index contributed by atoms with van der Waals surface area (Å²) in [6, 6.07) is 7.38. The Kier molecular flexibility index (Phi) is 4.43. The van der Waals surface area contributed by atoms with Crippen molar-refractivity contribution in [1.82, 2.24) is 20.0 Å². The molecule has 1 unspecified atom stereocenters. The van der Waals surface area contributed by atoms with Crippen LogP contribution in [-0.4, -0.2) is 32.5 Å². The molecule has 0 radical (unpaired) electrons. The van der Waals surface area contributed by atoms with Crippen molar-refractivity contribution in [2.24, 2.45) is 0 Å². The summed E-state index contributed by atoms with van der Waals surface area (Å²) >= 11 is 0. The molecule has 1 aromatic carbocycles. The molecule has 0 spiro atoms. The molecule has 4 rings (SSSR count). The van der Waals surface area contributed by atoms with Gasteiger partial charge in [-0.1, -0.05) is 11.2 Å². The Hall–Kier alpha value is -3.09. The van der Waals surface area contributed by atoms with Gasteiger partial charge in [-0.25, -0.2) is 14.4 Å². The second kappa shape index (κ2) is 6.90. The number of carbonyl (C=O) groups excluding carboxylic acids is 1. The van der Waals surface area contributed by atoms with Gasteiger partial charge in [-0.3, -0.25) is 4.79 Å². The maximum Gasteiger partial charge on any atom is 0.254 e. The number of aromatic nitrogens is 3. The first-order valence-corrected chi connectivity index (χ1v) is 8.86. The van der Waals surface area contributed by atoms with Crippen LogP contribution in [0.1, 0.15) is 46.5 Å². The van der Waals surface area contributed by atoms with E-state index in [1.54, 1.807) is 23.2 Å². The Balaban J connectivity index is 1.74. The molecule has 0 bridgehead atoms. The summed E-state index contributed by atoms with van der Waals surface area (Å²) in [7, 11) is 0. The highest BCUT2D eigenvalue weighted by Crippen LogP contribution is 2.37. The van der Waals surface area contributed by atoms with Gasteiger partial charge in [0, 0.05) is 24.4 Å². The van der Waals surface area contributed by atoms with Crippen molar-refractivity contribution in [2.45, 2.75) is 32.7 Å². The van der Waals surface area contributed by atoms with Gasteiger partial charge in [0.1, 0.15) is 11.6 Å². The van der Waals surface area contributed by atoms with Crippen LogP contribution >= 0.6 is 0 Å². The summed E-state index contributed by atoms with van der Waals surface area (Å²) in [5.41, 5.74) is 2.56. The Morgan fingerprint density at radius 2 is 2.15 bits per heavy atom. The SMILES string of the molecule is Cc1cc(-c2cnc(C)nc2C2CCCN2C(=O)c2cccc(F)c2)on1. The van der Waals surface area contributed by atoms with E-state index in [4.69, 9.17) is 4.52 Å². The molecule has 1 fully saturated rings. The van der Waals surface area contributed by atoms with Gasteiger partial charge in [-0.2, -0.15) is 0 Å². The average Bonchev–Trinajstić information content (AvgIpc) is 3.30. The predicted octanol–water partition coefficient (Wildman–Crippen LogP) is 3.86. The molecular formula is C20H19FN4O2. The molecule has 27 heavy (non-hydrogen) atoms. The highest BCUT2D eigenvalue weighted by atomic mass is 19.1. The first kappa shape index (κ1) is 17.3. The van der Waals surface area contributed by atoms with Crippen LogP contribution < -0.4 is 0 Å². The van der Waals surface area contributed by atoms with Gasteiger partial charge in [-0.05, 0) is 44.9 Å². The van der Waals surface area contributed by atoms with Crippen molar-refractivity contribution in [3.8, 4) is 11.3 Å². The summed E-state index contributed by atoms with van der Waals surface area (Å²) in [5, 5.41) is 3.94. The lowest BCUT2D eigenvalue weighted by molar-refractivity contribution is 0.0732. The minimum absolute atomic E-state index is 0.201. The average molecular weight is 366 g/mol. The van der Waals surface area contributed by atoms with Gasteiger partial charge < -0.3 is 9.42 Å². The van der Waals surface area contributed by atoms with E-state index in [2.05, 4.69) is 15.1 Å². The molecule has 0 N–H and O–H groups in total. The maximum atomic E-state index is 13.6. The lowest BCUT2D eigenvalue weighted by Gasteiger charge is -2.25. The Labute approximate surface area is 156 Å². The van der Waals surface area contributed by atoms with E-state index < -0.39 is 5.82 Å². The third-order valence-corrected chi connectivity index (χ3v) is 4.73. The van der Waals surface area contributed by atoms with E-state index in [0.29, 0.717) is 23.7 Å². The fraction of sp³-hybridized carbons (Fsp3) is 0.300. The number of carbonyl (C=O) groups is 1. The van der Waals surface area contributed by atoms with Crippen molar-refractivity contribution in [3.05, 3.63) is 65.1 Å². The topological polar surface area (TPSA) is 72.1 Å². The van der Waals surface area contributed by atoms with Crippen molar-refractivity contribution in [1.29, 1.82) is 0 Å². The summed E-state index contributed by atoms with van der Waals surface area (Å²) in [4.78, 5) is 23.7. The lowest BCUT2D eigenvalue weighted by atomic mass is 10.0. The van der Waals surface area contributed by atoms with E-state index in [1.165, 1.54) is 12.1 Å². The van der Waals surface area contributed by atoms with Gasteiger partial charge in [0.15, 0.2) is 5.76 Å². The summed E-state index contributed by atoms with van der Waals surface area (Å²) in [6.07, 6.45) is 3.34. The molecule has 1 atom stereocenters. The van der Waals surface area contributed by atoms with Crippen LogP contribution in [0.3, 0.4) is 0 Å². The maximum absolute atomic E-state index is 13.6. The van der Waals surface area contributed by atoms with Crippen molar-refractivity contribution >= 4 is 5.91 Å². The number of hydrogen-bond acceptors (Lipinski definition) is 5. The van der Waals surface area contributed by atoms with E-state index in [9.17, 15) is 9.18 Å². The molecule has 2 aromatic heterocycles. The smallest absolute Gasteiger partial charge is 0.254 e. The summed E-state index contributed by atoms with van der Waals surface area (Å²) in [5.74, 6) is 0.572. The Morgan fingerprint density at radius 3 is 2.89 bits per heavy atom. The number of amides is 1. The van der Waals surface area contributed by atoms with Crippen LogP contribution in [0.2, 0.25) is 0 Å². The monoisotopic (exact) mass is 366 g/mol. The quantitative estimate of drug-likeness (QED) is 0.704. The van der Waals surface area contributed by atoms with Crippen LogP contribution in [0, 0.1) is 19.7 Å². The van der Waals surface area contributed by atoms with Crippen molar-refractivity contribution in [3.63, 3.8) is 0 Å². The highest BCUT2D eigenvalue weighted by Gasteiger charge is 2.34. The fourth-order valence-corrected chi connectivity index (χ4v) is 3.50. The molecule has 0 saturated carbocycles. The molecule has 1 aliphatic rings. The first-order valence-electron chi connectivity index (χ1n) is 8.86. The molecule has 1 saturated heterocycles. The van der Waals surface area contributed by atoms with E-state index in [1.807, 2.05) is 19.9 Å². The van der Waals surface area contributed by atoms with Gasteiger partial charge in [-0.15, -0.1) is 0 Å². The highest BCUT2D eigenvalue weighted by molar-refractivity contribution is 5.94. The van der Waals surface area contributed by atoms with Crippen LogP contribution in [0.25, 0.3) is 11.3 Å². The van der Waals surface area contributed by atoms with Gasteiger partial charge in [0.25, 0.3) is 5.91 Å². The lowest BCUT2D eigenvalue weighted by Crippen LogP contribution is -2.31. The number of nitrogens with zero attached hydrogens (tertiary/aromatic N) is 4. The molecular weight excluding hydrogens is 347 g/mol. The van der Waals surface area contributed by atoms with E-state index >= 15 is 0 Å². The molecule has 3 heterocycles. The second-order valence-electron chi connectivity index (χ2n) is 6.72. The number of halogens is 1. The summed E-state index contributed by atoms with van der Waals surface area (Å²) in [6.45, 7) is 4.25. The number of likely N-dealkylation sites (tertiary alicyclic amines) is 1. The Bertz CT molecular complexity index is 1000. The normalized spacial score (nSPS) is 16.7. The van der Waals surface area contributed by atoms with Crippen molar-refractivity contribution in [2.75, 3.05) is 6.54 Å². The minimum Gasteiger partial charge on any atom is -0.356 e. The van der Waals surface area contributed by atoms with Crippen LogP contribution in [0.15, 0.2) is 41.1 Å². The Morgan fingerprint density at radius 1 is 1.30 bits per heavy atom. The number of benzene rings is 1. The van der Waals surface area contributed by atoms with E-state index in [0.717, 1.165) is 29.8 Å². The zero-order valence-corrected chi connectivity index (χ0v) is 15.1. The number of rotatable bonds is 3. The number of hydrogen-bond donors (Lipinski definition) is 0. The molecule has 3 aromatic rings. The molecule has 1 amide bonds. The van der Waals surface area contributed by atoms with Gasteiger partial charge in [0.05, 0.1) is 23.0 Å². The van der Waals surface area contributed by atoms with Gasteiger partial charge >= 0.3 is 0 Å². The zero-order chi connectivity index (χ0) is 19.0. The largest absolute Gasteiger partial charge is 0.356 e. The van der Waals surface area contributed by atoms with Gasteiger partial charge in [0.2, 0.25) is 0 Å². The second-order valence-corrected chi connectivity index (χ2v) is 6.72. The molecule has 1 aliphatic heterocycles. The van der Waals surface area contributed by atoms with Crippen LogP contribution in [0.4, 0.5) is 4.39 Å². The third kappa shape index (κ3) is 3.32. The van der Waals surface area contributed by atoms with E-state index in [-0.39, 0.29) is 11.9 Å². The molecule has 7 heteroatoms. The standard InChI is InChI=1S/C20H19FN4O2/c1-12-9-18(27-24-12)16-11-22-13(2)23-19(16)17-7-4-8-25(17)20(26)14-5-3-6-15(21)10-14/h3,5-6,9-11,17H,4,7-8H2,1-2H3. The third-order valence-electron chi connectivity index (χ3n) is 4.73. The molecule has 6 nitrogen and oxygen atoms in total. The minimum atomic E-state index is -0.424. The molecule has 138 valence electrons. The van der Waals surface area contributed by atoms with Crippen molar-refractivity contribution < 1.29 is 13.7 Å². The van der Waals surface area contributed by atoms with Crippen LogP contribution in [0.5, 0.6) is 0 Å².